The lowest BCUT2D eigenvalue weighted by molar-refractivity contribution is -0.302. The third-order valence-electron chi connectivity index (χ3n) is 14.0. The zero-order chi connectivity index (χ0) is 51.7. The predicted octanol–water partition coefficient (Wildman–Crippen LogP) is 13.5. The van der Waals surface area contributed by atoms with Gasteiger partial charge in [0.05, 0.1) is 32.0 Å². The first-order valence-electron chi connectivity index (χ1n) is 29.8. The number of carbonyl (C=O) groups is 2. The van der Waals surface area contributed by atoms with Crippen molar-refractivity contribution < 1.29 is 49.3 Å². The Morgan fingerprint density at radius 3 is 1.44 bits per heavy atom. The van der Waals surface area contributed by atoms with E-state index in [0.717, 1.165) is 77.0 Å². The van der Waals surface area contributed by atoms with Crippen molar-refractivity contribution >= 4 is 11.9 Å². The van der Waals surface area contributed by atoms with Gasteiger partial charge in [0.1, 0.15) is 24.4 Å². The van der Waals surface area contributed by atoms with Crippen LogP contribution in [0.25, 0.3) is 0 Å². The molecule has 1 aliphatic rings. The molecule has 11 nitrogen and oxygen atoms in total. The van der Waals surface area contributed by atoms with Crippen LogP contribution in [0.5, 0.6) is 0 Å². The largest absolute Gasteiger partial charge is 0.466 e. The van der Waals surface area contributed by atoms with E-state index in [1.54, 1.807) is 6.08 Å². The van der Waals surface area contributed by atoms with Crippen molar-refractivity contribution in [2.45, 2.75) is 314 Å². The van der Waals surface area contributed by atoms with Gasteiger partial charge in [0.25, 0.3) is 0 Å². The topological polar surface area (TPSA) is 175 Å². The first-order valence-corrected chi connectivity index (χ1v) is 29.8. The second-order valence-corrected chi connectivity index (χ2v) is 20.7. The highest BCUT2D eigenvalue weighted by molar-refractivity contribution is 5.76. The molecular weight excluding hydrogens is 895 g/mol. The number of esters is 1. The van der Waals surface area contributed by atoms with E-state index in [4.69, 9.17) is 14.2 Å². The number of aliphatic hydroxyl groups excluding tert-OH is 5. The van der Waals surface area contributed by atoms with Crippen LogP contribution in [0.1, 0.15) is 271 Å². The number of nitrogens with one attached hydrogen (secondary N) is 1. The fourth-order valence-corrected chi connectivity index (χ4v) is 9.23. The average molecular weight is 1010 g/mol. The number of amides is 1. The Kier molecular flexibility index (Phi) is 47.2. The minimum Gasteiger partial charge on any atom is -0.466 e. The van der Waals surface area contributed by atoms with E-state index in [1.165, 1.54) is 167 Å². The van der Waals surface area contributed by atoms with E-state index >= 15 is 0 Å². The number of ether oxygens (including phenoxy) is 3. The molecule has 0 radical (unpaired) electrons. The zero-order valence-corrected chi connectivity index (χ0v) is 45.7. The quantitative estimate of drug-likeness (QED) is 0.0195. The summed E-state index contributed by atoms with van der Waals surface area (Å²) in [5, 5.41) is 54.2. The predicted molar refractivity (Wildman–Crippen MR) is 292 cm³/mol. The molecule has 0 bridgehead atoms. The van der Waals surface area contributed by atoms with Gasteiger partial charge in [-0.05, 0) is 64.2 Å². The van der Waals surface area contributed by atoms with Crippen molar-refractivity contribution in [1.29, 1.82) is 0 Å². The van der Waals surface area contributed by atoms with E-state index in [-0.39, 0.29) is 18.5 Å². The number of hydrogen-bond acceptors (Lipinski definition) is 10. The maximum atomic E-state index is 13.0. The van der Waals surface area contributed by atoms with E-state index < -0.39 is 49.5 Å². The molecule has 6 N–H and O–H groups in total. The first-order chi connectivity index (χ1) is 34.7. The Morgan fingerprint density at radius 2 is 0.944 bits per heavy atom. The Hall–Kier alpha value is -2.12. The third kappa shape index (κ3) is 39.9. The molecule has 1 rings (SSSR count). The van der Waals surface area contributed by atoms with Gasteiger partial charge in [-0.3, -0.25) is 9.59 Å². The minimum atomic E-state index is -1.57. The fraction of sp³-hybridized carbons (Fsp3) is 0.867. The first kappa shape index (κ1) is 66.9. The molecular formula is C60H111NO10. The summed E-state index contributed by atoms with van der Waals surface area (Å²) in [4.78, 5) is 25.1. The molecule has 0 aromatic rings. The van der Waals surface area contributed by atoms with Crippen molar-refractivity contribution in [2.75, 3.05) is 19.8 Å². The van der Waals surface area contributed by atoms with Crippen LogP contribution < -0.4 is 5.32 Å². The van der Waals surface area contributed by atoms with E-state index in [2.05, 4.69) is 43.5 Å². The van der Waals surface area contributed by atoms with Crippen LogP contribution in [0.2, 0.25) is 0 Å². The van der Waals surface area contributed by atoms with E-state index in [1.807, 2.05) is 6.08 Å². The maximum absolute atomic E-state index is 13.0. The molecule has 0 aromatic carbocycles. The Bertz CT molecular complexity index is 1280. The van der Waals surface area contributed by atoms with Gasteiger partial charge in [-0.15, -0.1) is 0 Å². The molecule has 0 aliphatic carbocycles. The van der Waals surface area contributed by atoms with Crippen LogP contribution in [0.4, 0.5) is 0 Å². The van der Waals surface area contributed by atoms with Gasteiger partial charge in [-0.2, -0.15) is 0 Å². The third-order valence-corrected chi connectivity index (χ3v) is 14.0. The van der Waals surface area contributed by atoms with Gasteiger partial charge in [-0.25, -0.2) is 0 Å². The second-order valence-electron chi connectivity index (χ2n) is 20.7. The summed E-state index contributed by atoms with van der Waals surface area (Å²) in [5.74, 6) is -0.211. The highest BCUT2D eigenvalue weighted by Gasteiger charge is 2.44. The Morgan fingerprint density at radius 1 is 0.521 bits per heavy atom. The molecule has 1 heterocycles. The number of rotatable bonds is 51. The second kappa shape index (κ2) is 50.1. The summed E-state index contributed by atoms with van der Waals surface area (Å²) >= 11 is 0. The monoisotopic (exact) mass is 1010 g/mol. The maximum Gasteiger partial charge on any atom is 0.305 e. The molecule has 0 aromatic heterocycles. The van der Waals surface area contributed by atoms with Crippen LogP contribution in [-0.4, -0.2) is 100 Å². The van der Waals surface area contributed by atoms with E-state index in [9.17, 15) is 35.1 Å². The van der Waals surface area contributed by atoms with Gasteiger partial charge in [0, 0.05) is 12.8 Å². The minimum absolute atomic E-state index is 0.0223. The lowest BCUT2D eigenvalue weighted by Gasteiger charge is -2.40. The molecule has 1 saturated heterocycles. The molecule has 71 heavy (non-hydrogen) atoms. The molecule has 7 atom stereocenters. The summed E-state index contributed by atoms with van der Waals surface area (Å²) in [6.45, 7) is 4.28. The zero-order valence-electron chi connectivity index (χ0n) is 45.7. The number of unbranched alkanes of at least 4 members (excludes halogenated alkanes) is 33. The normalized spacial score (nSPS) is 19.3. The van der Waals surface area contributed by atoms with Crippen molar-refractivity contribution in [3.05, 3.63) is 36.5 Å². The molecule has 1 fully saturated rings. The standard InChI is InChI=1S/C60H111NO10/c1-3-5-7-9-11-13-14-15-16-22-25-28-32-36-40-44-48-56(65)69-49-45-41-37-33-29-26-23-20-18-17-19-21-24-27-31-35-39-43-47-55(64)61-52(53(63)46-42-38-34-30-12-10-8-6-4-2)51-70-60-59(68)58(67)57(66)54(50-62)71-60/h13-14,16,22,42,46,52-54,57-60,62-63,66-68H,3-12,15,17-21,23-41,43-45,47-51H2,1-2H3,(H,61,64)/b14-13-,22-16-,46-42+. The molecule has 0 spiro atoms. The average Bonchev–Trinajstić information content (AvgIpc) is 3.37. The van der Waals surface area contributed by atoms with Gasteiger partial charge < -0.3 is 45.1 Å². The Balaban J connectivity index is 2.02. The number of aliphatic hydroxyl groups is 5. The van der Waals surface area contributed by atoms with Gasteiger partial charge >= 0.3 is 5.97 Å². The van der Waals surface area contributed by atoms with Gasteiger partial charge in [0.15, 0.2) is 6.29 Å². The van der Waals surface area contributed by atoms with Crippen LogP contribution in [0.3, 0.4) is 0 Å². The Labute approximate surface area is 434 Å². The van der Waals surface area contributed by atoms with Crippen LogP contribution in [-0.2, 0) is 23.8 Å². The van der Waals surface area contributed by atoms with E-state index in [0.29, 0.717) is 19.4 Å². The molecule has 11 heteroatoms. The van der Waals surface area contributed by atoms with Crippen LogP contribution in [0, 0.1) is 0 Å². The summed E-state index contributed by atoms with van der Waals surface area (Å²) in [5.41, 5.74) is 0. The summed E-state index contributed by atoms with van der Waals surface area (Å²) in [6.07, 6.45) is 51.0. The molecule has 7 unspecified atom stereocenters. The van der Waals surface area contributed by atoms with Crippen molar-refractivity contribution in [3.8, 4) is 0 Å². The molecule has 1 aliphatic heterocycles. The molecule has 416 valence electrons. The number of hydrogen-bond donors (Lipinski definition) is 6. The smallest absolute Gasteiger partial charge is 0.305 e. The molecule has 1 amide bonds. The van der Waals surface area contributed by atoms with Crippen molar-refractivity contribution in [1.82, 2.24) is 5.32 Å². The summed E-state index contributed by atoms with van der Waals surface area (Å²) in [7, 11) is 0. The lowest BCUT2D eigenvalue weighted by atomic mass is 9.99. The highest BCUT2D eigenvalue weighted by atomic mass is 16.7. The van der Waals surface area contributed by atoms with Crippen molar-refractivity contribution in [3.63, 3.8) is 0 Å². The van der Waals surface area contributed by atoms with Crippen LogP contribution >= 0.6 is 0 Å². The lowest BCUT2D eigenvalue weighted by Crippen LogP contribution is -2.60. The highest BCUT2D eigenvalue weighted by Crippen LogP contribution is 2.23. The van der Waals surface area contributed by atoms with Gasteiger partial charge in [0.2, 0.25) is 5.91 Å². The summed E-state index contributed by atoms with van der Waals surface area (Å²) in [6, 6.07) is -0.812. The van der Waals surface area contributed by atoms with Crippen molar-refractivity contribution in [2.24, 2.45) is 0 Å². The van der Waals surface area contributed by atoms with Crippen LogP contribution in [0.15, 0.2) is 36.5 Å². The summed E-state index contributed by atoms with van der Waals surface area (Å²) < 4.78 is 16.7. The van der Waals surface area contributed by atoms with Gasteiger partial charge in [-0.1, -0.05) is 230 Å². The fourth-order valence-electron chi connectivity index (χ4n) is 9.23. The number of allylic oxidation sites excluding steroid dienone is 5. The SMILES string of the molecule is CCCCCC/C=C\C/C=C\CCCCCCCC(=O)OCCCCCCCCCCCCCCCCCCCCC(=O)NC(COC1OC(CO)C(O)C(O)C1O)C(O)/C=C/CCCCCCCCC. The molecule has 0 saturated carbocycles. The number of carbonyl (C=O) groups excluding carboxylic acids is 2.